The summed E-state index contributed by atoms with van der Waals surface area (Å²) in [5.74, 6) is -1.03. The van der Waals surface area contributed by atoms with Crippen LogP contribution in [0.5, 0.6) is 0 Å². The second kappa shape index (κ2) is 5.00. The molecule has 5 nitrogen and oxygen atoms in total. The average molecular weight is 216 g/mol. The lowest BCUT2D eigenvalue weighted by Crippen LogP contribution is -2.53. The standard InChI is InChI=1S/C10H20N2O3/c1-6(2)11-9(15)12-7(8(13)14)10(3,4)5/h6-7H,1-5H3,(H,13,14)(H2,11,12,15)/t7-/m0/s1. The van der Waals surface area contributed by atoms with Gasteiger partial charge in [-0.1, -0.05) is 20.8 Å². The number of carboxylic acids is 1. The second-order valence-corrected chi connectivity index (χ2v) is 4.91. The van der Waals surface area contributed by atoms with Crippen LogP contribution < -0.4 is 10.6 Å². The zero-order chi connectivity index (χ0) is 12.2. The number of nitrogens with one attached hydrogen (secondary N) is 2. The average Bonchev–Trinajstić information content (AvgIpc) is 1.95. The van der Waals surface area contributed by atoms with E-state index in [1.807, 2.05) is 13.8 Å². The first-order valence-corrected chi connectivity index (χ1v) is 4.94. The number of aliphatic carboxylic acids is 1. The lowest BCUT2D eigenvalue weighted by molar-refractivity contribution is -0.141. The molecule has 0 spiro atoms. The van der Waals surface area contributed by atoms with Crippen molar-refractivity contribution in [3.05, 3.63) is 0 Å². The van der Waals surface area contributed by atoms with E-state index in [1.165, 1.54) is 0 Å². The quantitative estimate of drug-likeness (QED) is 0.663. The van der Waals surface area contributed by atoms with Crippen LogP contribution in [-0.4, -0.2) is 29.2 Å². The van der Waals surface area contributed by atoms with Crippen molar-refractivity contribution >= 4 is 12.0 Å². The summed E-state index contributed by atoms with van der Waals surface area (Å²) in [6, 6.07) is -1.36. The van der Waals surface area contributed by atoms with E-state index in [1.54, 1.807) is 20.8 Å². The smallest absolute Gasteiger partial charge is 0.326 e. The molecule has 0 aliphatic rings. The van der Waals surface area contributed by atoms with Crippen molar-refractivity contribution in [2.75, 3.05) is 0 Å². The second-order valence-electron chi connectivity index (χ2n) is 4.91. The Balaban J connectivity index is 4.44. The minimum absolute atomic E-state index is 0.0144. The van der Waals surface area contributed by atoms with Gasteiger partial charge < -0.3 is 15.7 Å². The fraction of sp³-hybridized carbons (Fsp3) is 0.800. The first kappa shape index (κ1) is 13.7. The van der Waals surface area contributed by atoms with Crippen molar-refractivity contribution in [2.45, 2.75) is 46.7 Å². The van der Waals surface area contributed by atoms with Gasteiger partial charge >= 0.3 is 12.0 Å². The van der Waals surface area contributed by atoms with Crippen molar-refractivity contribution in [2.24, 2.45) is 5.41 Å². The predicted molar refractivity (Wildman–Crippen MR) is 57.7 cm³/mol. The molecule has 0 heterocycles. The third-order valence-electron chi connectivity index (χ3n) is 1.81. The summed E-state index contributed by atoms with van der Waals surface area (Å²) in [4.78, 5) is 22.3. The van der Waals surface area contributed by atoms with Gasteiger partial charge in [-0.15, -0.1) is 0 Å². The molecular formula is C10H20N2O3. The van der Waals surface area contributed by atoms with E-state index >= 15 is 0 Å². The van der Waals surface area contributed by atoms with Crippen LogP contribution in [0, 0.1) is 5.41 Å². The van der Waals surface area contributed by atoms with Crippen molar-refractivity contribution in [3.8, 4) is 0 Å². The maximum absolute atomic E-state index is 11.3. The monoisotopic (exact) mass is 216 g/mol. The molecule has 0 rings (SSSR count). The number of amides is 2. The van der Waals surface area contributed by atoms with E-state index in [0.717, 1.165) is 0 Å². The third kappa shape index (κ3) is 5.24. The Kier molecular flexibility index (Phi) is 4.58. The van der Waals surface area contributed by atoms with E-state index in [-0.39, 0.29) is 6.04 Å². The van der Waals surface area contributed by atoms with Crippen molar-refractivity contribution in [1.82, 2.24) is 10.6 Å². The normalized spacial score (nSPS) is 13.5. The minimum atomic E-state index is -1.03. The Morgan fingerprint density at radius 3 is 1.87 bits per heavy atom. The Bertz CT molecular complexity index is 244. The molecule has 0 radical (unpaired) electrons. The van der Waals surface area contributed by atoms with Crippen LogP contribution in [0.1, 0.15) is 34.6 Å². The van der Waals surface area contributed by atoms with Gasteiger partial charge in [0.1, 0.15) is 6.04 Å². The number of hydrogen-bond donors (Lipinski definition) is 3. The van der Waals surface area contributed by atoms with Crippen molar-refractivity contribution in [3.63, 3.8) is 0 Å². The van der Waals surface area contributed by atoms with Gasteiger partial charge in [-0.3, -0.25) is 0 Å². The Morgan fingerprint density at radius 2 is 1.60 bits per heavy atom. The lowest BCUT2D eigenvalue weighted by atomic mass is 9.87. The number of carboxylic acid groups (broad SMARTS) is 1. The van der Waals surface area contributed by atoms with Crippen LogP contribution in [0.25, 0.3) is 0 Å². The van der Waals surface area contributed by atoms with Gasteiger partial charge in [-0.2, -0.15) is 0 Å². The molecule has 0 aromatic rings. The van der Waals surface area contributed by atoms with Gasteiger partial charge in [-0.05, 0) is 19.3 Å². The molecule has 0 aromatic heterocycles. The summed E-state index contributed by atoms with van der Waals surface area (Å²) in [7, 11) is 0. The highest BCUT2D eigenvalue weighted by molar-refractivity contribution is 5.83. The summed E-state index contributed by atoms with van der Waals surface area (Å²) in [6.45, 7) is 8.92. The van der Waals surface area contributed by atoms with Crippen LogP contribution >= 0.6 is 0 Å². The molecule has 0 unspecified atom stereocenters. The SMILES string of the molecule is CC(C)NC(=O)N[C@@H](C(=O)O)C(C)(C)C. The molecule has 0 bridgehead atoms. The van der Waals surface area contributed by atoms with Crippen LogP contribution in [-0.2, 0) is 4.79 Å². The molecule has 0 aromatic carbocycles. The molecule has 0 saturated carbocycles. The van der Waals surface area contributed by atoms with Gasteiger partial charge in [0.05, 0.1) is 0 Å². The highest BCUT2D eigenvalue weighted by Crippen LogP contribution is 2.19. The molecule has 88 valence electrons. The first-order valence-electron chi connectivity index (χ1n) is 4.94. The van der Waals surface area contributed by atoms with Crippen LogP contribution in [0.3, 0.4) is 0 Å². The third-order valence-corrected chi connectivity index (χ3v) is 1.81. The number of hydrogen-bond acceptors (Lipinski definition) is 2. The Labute approximate surface area is 90.2 Å². The summed E-state index contributed by atoms with van der Waals surface area (Å²) in [5.41, 5.74) is -0.514. The topological polar surface area (TPSA) is 78.4 Å². The van der Waals surface area contributed by atoms with E-state index in [9.17, 15) is 9.59 Å². The molecule has 2 amide bonds. The molecule has 15 heavy (non-hydrogen) atoms. The molecule has 5 heteroatoms. The fourth-order valence-corrected chi connectivity index (χ4v) is 1.08. The molecule has 0 aliphatic carbocycles. The summed E-state index contributed by atoms with van der Waals surface area (Å²) in [6.07, 6.45) is 0. The highest BCUT2D eigenvalue weighted by Gasteiger charge is 2.32. The number of carbonyl (C=O) groups is 2. The molecule has 0 aliphatic heterocycles. The number of rotatable bonds is 3. The maximum atomic E-state index is 11.3. The highest BCUT2D eigenvalue weighted by atomic mass is 16.4. The minimum Gasteiger partial charge on any atom is -0.480 e. The number of urea groups is 1. The van der Waals surface area contributed by atoms with Crippen molar-refractivity contribution < 1.29 is 14.7 Å². The number of carbonyl (C=O) groups excluding carboxylic acids is 1. The predicted octanol–water partition coefficient (Wildman–Crippen LogP) is 1.19. The Morgan fingerprint density at radius 1 is 1.13 bits per heavy atom. The van der Waals surface area contributed by atoms with Gasteiger partial charge in [-0.25, -0.2) is 9.59 Å². The van der Waals surface area contributed by atoms with Crippen molar-refractivity contribution in [1.29, 1.82) is 0 Å². The van der Waals surface area contributed by atoms with Crippen LogP contribution in [0.4, 0.5) is 4.79 Å². The summed E-state index contributed by atoms with van der Waals surface area (Å²) in [5, 5.41) is 14.0. The maximum Gasteiger partial charge on any atom is 0.326 e. The molecule has 1 atom stereocenters. The van der Waals surface area contributed by atoms with Crippen LogP contribution in [0.15, 0.2) is 0 Å². The zero-order valence-corrected chi connectivity index (χ0v) is 9.92. The van der Waals surface area contributed by atoms with E-state index in [4.69, 9.17) is 5.11 Å². The van der Waals surface area contributed by atoms with E-state index in [2.05, 4.69) is 10.6 Å². The van der Waals surface area contributed by atoms with E-state index < -0.39 is 23.5 Å². The molecule has 0 fully saturated rings. The summed E-state index contributed by atoms with van der Waals surface area (Å²) >= 11 is 0. The van der Waals surface area contributed by atoms with E-state index in [0.29, 0.717) is 0 Å². The van der Waals surface area contributed by atoms with Crippen LogP contribution in [0.2, 0.25) is 0 Å². The van der Waals surface area contributed by atoms with Gasteiger partial charge in [0, 0.05) is 6.04 Å². The van der Waals surface area contributed by atoms with Gasteiger partial charge in [0.15, 0.2) is 0 Å². The molecular weight excluding hydrogens is 196 g/mol. The molecule has 3 N–H and O–H groups in total. The fourth-order valence-electron chi connectivity index (χ4n) is 1.08. The van der Waals surface area contributed by atoms with Gasteiger partial charge in [0.25, 0.3) is 0 Å². The zero-order valence-electron chi connectivity index (χ0n) is 9.92. The Hall–Kier alpha value is -1.26. The van der Waals surface area contributed by atoms with Gasteiger partial charge in [0.2, 0.25) is 0 Å². The lowest BCUT2D eigenvalue weighted by Gasteiger charge is -2.28. The first-order chi connectivity index (χ1) is 6.64. The summed E-state index contributed by atoms with van der Waals surface area (Å²) < 4.78 is 0. The largest absolute Gasteiger partial charge is 0.480 e. The molecule has 0 saturated heterocycles.